The van der Waals surface area contributed by atoms with Crippen LogP contribution in [0, 0.1) is 11.3 Å². The van der Waals surface area contributed by atoms with E-state index in [9.17, 15) is 4.79 Å². The summed E-state index contributed by atoms with van der Waals surface area (Å²) in [6, 6.07) is 11.1. The van der Waals surface area contributed by atoms with Gasteiger partial charge in [-0.05, 0) is 29.1 Å². The summed E-state index contributed by atoms with van der Waals surface area (Å²) < 4.78 is 5.11. The molecule has 1 N–H and O–H groups in total. The summed E-state index contributed by atoms with van der Waals surface area (Å²) >= 11 is 1.33. The molecule has 0 fully saturated rings. The maximum atomic E-state index is 12.0. The molecule has 0 saturated heterocycles. The molecule has 4 nitrogen and oxygen atoms in total. The lowest BCUT2D eigenvalue weighted by atomic mass is 10.1. The highest BCUT2D eigenvalue weighted by Crippen LogP contribution is 2.25. The van der Waals surface area contributed by atoms with Crippen molar-refractivity contribution in [2.45, 2.75) is 6.42 Å². The van der Waals surface area contributed by atoms with Crippen molar-refractivity contribution in [3.8, 4) is 11.8 Å². The molecule has 0 aliphatic carbocycles. The van der Waals surface area contributed by atoms with E-state index in [0.29, 0.717) is 22.7 Å². The number of nitrogens with one attached hydrogen (secondary N) is 1. The van der Waals surface area contributed by atoms with E-state index in [4.69, 9.17) is 10.00 Å². The highest BCUT2D eigenvalue weighted by Gasteiger charge is 2.13. The molecule has 1 heterocycles. The Balaban J connectivity index is 2.09. The SMILES string of the molecule is COc1ccsc1C(=O)Nc1ccc(CC#N)cc1. The number of ether oxygens (including phenoxy) is 1. The maximum Gasteiger partial charge on any atom is 0.269 e. The molecule has 0 spiro atoms. The summed E-state index contributed by atoms with van der Waals surface area (Å²) in [7, 11) is 1.54. The van der Waals surface area contributed by atoms with Crippen LogP contribution in [-0.2, 0) is 6.42 Å². The van der Waals surface area contributed by atoms with Crippen molar-refractivity contribution in [1.82, 2.24) is 0 Å². The molecule has 1 amide bonds. The third-order valence-corrected chi connectivity index (χ3v) is 3.44. The van der Waals surface area contributed by atoms with Gasteiger partial charge in [-0.1, -0.05) is 12.1 Å². The first-order chi connectivity index (χ1) is 9.24. The van der Waals surface area contributed by atoms with Crippen LogP contribution in [0.25, 0.3) is 0 Å². The molecule has 0 radical (unpaired) electrons. The number of rotatable bonds is 4. The maximum absolute atomic E-state index is 12.0. The van der Waals surface area contributed by atoms with Gasteiger partial charge in [0.1, 0.15) is 10.6 Å². The Bertz CT molecular complexity index is 611. The van der Waals surface area contributed by atoms with Crippen LogP contribution in [0.4, 0.5) is 5.69 Å². The first kappa shape index (κ1) is 13.1. The van der Waals surface area contributed by atoms with Crippen LogP contribution in [0.1, 0.15) is 15.2 Å². The monoisotopic (exact) mass is 272 g/mol. The van der Waals surface area contributed by atoms with E-state index in [1.807, 2.05) is 17.5 Å². The lowest BCUT2D eigenvalue weighted by Crippen LogP contribution is -2.11. The van der Waals surface area contributed by atoms with Gasteiger partial charge < -0.3 is 10.1 Å². The summed E-state index contributed by atoms with van der Waals surface area (Å²) in [4.78, 5) is 12.6. The van der Waals surface area contributed by atoms with E-state index < -0.39 is 0 Å². The van der Waals surface area contributed by atoms with Crippen molar-refractivity contribution in [3.63, 3.8) is 0 Å². The van der Waals surface area contributed by atoms with Gasteiger partial charge in [-0.15, -0.1) is 11.3 Å². The van der Waals surface area contributed by atoms with Crippen molar-refractivity contribution in [3.05, 3.63) is 46.2 Å². The van der Waals surface area contributed by atoms with Crippen LogP contribution < -0.4 is 10.1 Å². The number of thiophene rings is 1. The smallest absolute Gasteiger partial charge is 0.269 e. The number of hydrogen-bond acceptors (Lipinski definition) is 4. The van der Waals surface area contributed by atoms with Crippen LogP contribution >= 0.6 is 11.3 Å². The van der Waals surface area contributed by atoms with Crippen LogP contribution in [0.5, 0.6) is 5.75 Å². The quantitative estimate of drug-likeness (QED) is 0.930. The normalized spacial score (nSPS) is 9.68. The standard InChI is InChI=1S/C14H12N2O2S/c1-18-12-7-9-19-13(12)14(17)16-11-4-2-10(3-5-11)6-8-15/h2-5,7,9H,6H2,1H3,(H,16,17). The van der Waals surface area contributed by atoms with E-state index >= 15 is 0 Å². The van der Waals surface area contributed by atoms with E-state index in [1.54, 1.807) is 18.2 Å². The van der Waals surface area contributed by atoms with Crippen LogP contribution in [-0.4, -0.2) is 13.0 Å². The summed E-state index contributed by atoms with van der Waals surface area (Å²) in [5, 5.41) is 13.2. The Kier molecular flexibility index (Phi) is 4.16. The van der Waals surface area contributed by atoms with Crippen LogP contribution in [0.15, 0.2) is 35.7 Å². The lowest BCUT2D eigenvalue weighted by molar-refractivity contribution is 0.102. The first-order valence-corrected chi connectivity index (χ1v) is 6.51. The molecule has 96 valence electrons. The Morgan fingerprint density at radius 2 is 2.11 bits per heavy atom. The second-order valence-electron chi connectivity index (χ2n) is 3.80. The number of anilines is 1. The second kappa shape index (κ2) is 6.03. The van der Waals surface area contributed by atoms with Crippen molar-refractivity contribution in [2.75, 3.05) is 12.4 Å². The van der Waals surface area contributed by atoms with Crippen molar-refractivity contribution in [2.24, 2.45) is 0 Å². The Morgan fingerprint density at radius 1 is 1.37 bits per heavy atom. The molecule has 2 aromatic rings. The molecular formula is C14H12N2O2S. The third kappa shape index (κ3) is 3.12. The van der Waals surface area contributed by atoms with Gasteiger partial charge in [0.05, 0.1) is 19.6 Å². The Labute approximate surface area is 115 Å². The number of methoxy groups -OCH3 is 1. The first-order valence-electron chi connectivity index (χ1n) is 5.63. The van der Waals surface area contributed by atoms with Gasteiger partial charge in [0, 0.05) is 5.69 Å². The number of nitriles is 1. The van der Waals surface area contributed by atoms with E-state index in [-0.39, 0.29) is 5.91 Å². The highest BCUT2D eigenvalue weighted by atomic mass is 32.1. The minimum atomic E-state index is -0.195. The van der Waals surface area contributed by atoms with Crippen molar-refractivity contribution in [1.29, 1.82) is 5.26 Å². The zero-order chi connectivity index (χ0) is 13.7. The van der Waals surface area contributed by atoms with Gasteiger partial charge in [0.15, 0.2) is 0 Å². The Morgan fingerprint density at radius 3 is 2.74 bits per heavy atom. The number of amides is 1. The van der Waals surface area contributed by atoms with Gasteiger partial charge in [-0.3, -0.25) is 4.79 Å². The highest BCUT2D eigenvalue weighted by molar-refractivity contribution is 7.12. The molecule has 19 heavy (non-hydrogen) atoms. The number of carbonyl (C=O) groups excluding carboxylic acids is 1. The molecule has 0 unspecified atom stereocenters. The number of nitrogens with zero attached hydrogens (tertiary/aromatic N) is 1. The number of carbonyl (C=O) groups is 1. The molecule has 5 heteroatoms. The zero-order valence-electron chi connectivity index (χ0n) is 10.3. The summed E-state index contributed by atoms with van der Waals surface area (Å²) in [5.41, 5.74) is 1.62. The lowest BCUT2D eigenvalue weighted by Gasteiger charge is -2.06. The zero-order valence-corrected chi connectivity index (χ0v) is 11.2. The average Bonchev–Trinajstić information content (AvgIpc) is 2.90. The summed E-state index contributed by atoms with van der Waals surface area (Å²) in [6.45, 7) is 0. The minimum Gasteiger partial charge on any atom is -0.495 e. The van der Waals surface area contributed by atoms with E-state index in [0.717, 1.165) is 5.56 Å². The average molecular weight is 272 g/mol. The van der Waals surface area contributed by atoms with Gasteiger partial charge in [-0.2, -0.15) is 5.26 Å². The van der Waals surface area contributed by atoms with Crippen LogP contribution in [0.2, 0.25) is 0 Å². The van der Waals surface area contributed by atoms with Crippen molar-refractivity contribution >= 4 is 22.9 Å². The fourth-order valence-corrected chi connectivity index (χ4v) is 2.36. The third-order valence-electron chi connectivity index (χ3n) is 2.55. The summed E-state index contributed by atoms with van der Waals surface area (Å²) in [6.07, 6.45) is 0.368. The molecule has 0 aliphatic heterocycles. The van der Waals surface area contributed by atoms with Gasteiger partial charge >= 0.3 is 0 Å². The molecule has 1 aromatic carbocycles. The summed E-state index contributed by atoms with van der Waals surface area (Å²) in [5.74, 6) is 0.378. The molecule has 0 aliphatic rings. The van der Waals surface area contributed by atoms with E-state index in [1.165, 1.54) is 18.4 Å². The molecule has 2 rings (SSSR count). The number of benzene rings is 1. The van der Waals surface area contributed by atoms with Crippen LogP contribution in [0.3, 0.4) is 0 Å². The Hall–Kier alpha value is -2.32. The van der Waals surface area contributed by atoms with E-state index in [2.05, 4.69) is 11.4 Å². The number of hydrogen-bond donors (Lipinski definition) is 1. The largest absolute Gasteiger partial charge is 0.495 e. The predicted molar refractivity (Wildman–Crippen MR) is 74.6 cm³/mol. The van der Waals surface area contributed by atoms with Gasteiger partial charge in [-0.25, -0.2) is 0 Å². The molecular weight excluding hydrogens is 260 g/mol. The van der Waals surface area contributed by atoms with Gasteiger partial charge in [0.25, 0.3) is 5.91 Å². The van der Waals surface area contributed by atoms with Gasteiger partial charge in [0.2, 0.25) is 0 Å². The predicted octanol–water partition coefficient (Wildman–Crippen LogP) is 3.08. The fraction of sp³-hybridized carbons (Fsp3) is 0.143. The van der Waals surface area contributed by atoms with Crippen molar-refractivity contribution < 1.29 is 9.53 Å². The molecule has 0 atom stereocenters. The fourth-order valence-electron chi connectivity index (χ4n) is 1.61. The topological polar surface area (TPSA) is 62.1 Å². The second-order valence-corrected chi connectivity index (χ2v) is 4.72. The molecule has 0 bridgehead atoms. The molecule has 1 aromatic heterocycles. The minimum absolute atomic E-state index is 0.195. The molecule has 0 saturated carbocycles.